The molecule has 14 nitrogen and oxygen atoms in total. The average molecular weight is 1100 g/mol. The molecule has 0 saturated carbocycles. The standard InChI is InChI=1S/C63H121NO13/c1-3-5-7-9-11-13-15-17-19-21-22-23-24-25-26-27-28-29-30-31-33-35-37-39-41-43-45-47-55(68)64-51(52(67)46-44-42-40-38-36-34-32-20-18-16-14-12-10-8-6-4-2)50-74-62-60(73)58(71)61(54(49-66)76-62)77-63-59(72)57(70)56(69)53(48-65)75-63/h21-22,51-54,56-63,65-67,69-73H,3-20,23-50H2,1-2H3,(H,64,68)/b22-21-. The zero-order valence-corrected chi connectivity index (χ0v) is 49.2. The van der Waals surface area contributed by atoms with E-state index in [0.717, 1.165) is 51.4 Å². The van der Waals surface area contributed by atoms with Gasteiger partial charge in [-0.25, -0.2) is 0 Å². The van der Waals surface area contributed by atoms with Gasteiger partial charge >= 0.3 is 0 Å². The Morgan fingerprint density at radius 1 is 0.455 bits per heavy atom. The van der Waals surface area contributed by atoms with E-state index < -0.39 is 86.8 Å². The summed E-state index contributed by atoms with van der Waals surface area (Å²) in [6, 6.07) is -0.825. The molecule has 2 rings (SSSR count). The molecule has 12 unspecified atom stereocenters. The molecular weight excluding hydrogens is 979 g/mol. The van der Waals surface area contributed by atoms with Crippen LogP contribution in [0.5, 0.6) is 0 Å². The van der Waals surface area contributed by atoms with Crippen molar-refractivity contribution in [1.82, 2.24) is 5.32 Å². The van der Waals surface area contributed by atoms with Crippen LogP contribution in [0.25, 0.3) is 0 Å². The number of hydrogen-bond donors (Lipinski definition) is 9. The van der Waals surface area contributed by atoms with Gasteiger partial charge in [0.05, 0.1) is 32.0 Å². The highest BCUT2D eigenvalue weighted by molar-refractivity contribution is 5.76. The molecule has 2 heterocycles. The van der Waals surface area contributed by atoms with Crippen molar-refractivity contribution in [2.45, 2.75) is 364 Å². The van der Waals surface area contributed by atoms with Gasteiger partial charge in [-0.15, -0.1) is 0 Å². The molecule has 0 aromatic rings. The van der Waals surface area contributed by atoms with Crippen LogP contribution in [-0.4, -0.2) is 140 Å². The number of rotatable bonds is 53. The summed E-state index contributed by atoms with van der Waals surface area (Å²) in [4.78, 5) is 13.3. The molecule has 0 bridgehead atoms. The van der Waals surface area contributed by atoms with Gasteiger partial charge in [0.15, 0.2) is 12.6 Å². The van der Waals surface area contributed by atoms with Gasteiger partial charge in [-0.1, -0.05) is 257 Å². The molecule has 77 heavy (non-hydrogen) atoms. The third-order valence-corrected chi connectivity index (χ3v) is 16.2. The number of carbonyl (C=O) groups excluding carboxylic acids is 1. The van der Waals surface area contributed by atoms with E-state index in [1.54, 1.807) is 0 Å². The Morgan fingerprint density at radius 2 is 0.818 bits per heavy atom. The average Bonchev–Trinajstić information content (AvgIpc) is 3.43. The maximum atomic E-state index is 13.3. The second kappa shape index (κ2) is 49.3. The Morgan fingerprint density at radius 3 is 1.23 bits per heavy atom. The largest absolute Gasteiger partial charge is 0.394 e. The molecule has 2 saturated heterocycles. The first-order chi connectivity index (χ1) is 37.6. The van der Waals surface area contributed by atoms with Crippen LogP contribution in [0.4, 0.5) is 0 Å². The summed E-state index contributed by atoms with van der Waals surface area (Å²) in [5.74, 6) is -0.201. The SMILES string of the molecule is CCCCCCCCCC/C=C\CCCCCCCCCCCCCCCCCC(=O)NC(COC1OC(CO)C(OC2OC(CO)C(O)C(O)C2O)C(O)C1O)C(O)CCCCCCCCCCCCCCCCCC. The molecule has 0 spiro atoms. The molecule has 12 atom stereocenters. The molecule has 9 N–H and O–H groups in total. The lowest BCUT2D eigenvalue weighted by molar-refractivity contribution is -0.359. The topological polar surface area (TPSA) is 228 Å². The third kappa shape index (κ3) is 34.7. The molecular formula is C63H121NO13. The molecule has 0 aromatic carbocycles. The zero-order valence-electron chi connectivity index (χ0n) is 49.2. The maximum Gasteiger partial charge on any atom is 0.220 e. The third-order valence-electron chi connectivity index (χ3n) is 16.2. The van der Waals surface area contributed by atoms with E-state index in [9.17, 15) is 45.6 Å². The van der Waals surface area contributed by atoms with Gasteiger partial charge in [0.2, 0.25) is 5.91 Å². The number of aliphatic hydroxyl groups is 8. The Balaban J connectivity index is 1.68. The van der Waals surface area contributed by atoms with Crippen LogP contribution in [-0.2, 0) is 23.7 Å². The number of carbonyl (C=O) groups is 1. The molecule has 1 amide bonds. The van der Waals surface area contributed by atoms with Gasteiger partial charge in [0.25, 0.3) is 0 Å². The number of amides is 1. The van der Waals surface area contributed by atoms with Crippen molar-refractivity contribution < 1.29 is 64.6 Å². The summed E-state index contributed by atoms with van der Waals surface area (Å²) in [5.41, 5.74) is 0. The van der Waals surface area contributed by atoms with E-state index in [4.69, 9.17) is 18.9 Å². The quantitative estimate of drug-likeness (QED) is 0.0204. The molecule has 0 aliphatic carbocycles. The Bertz CT molecular complexity index is 1340. The van der Waals surface area contributed by atoms with Crippen LogP contribution in [0.2, 0.25) is 0 Å². The highest BCUT2D eigenvalue weighted by Crippen LogP contribution is 2.30. The van der Waals surface area contributed by atoms with E-state index >= 15 is 0 Å². The van der Waals surface area contributed by atoms with Crippen molar-refractivity contribution in [2.75, 3.05) is 19.8 Å². The first kappa shape index (κ1) is 71.8. The summed E-state index contributed by atoms with van der Waals surface area (Å²) in [6.07, 6.45) is 40.8. The summed E-state index contributed by atoms with van der Waals surface area (Å²) in [6.45, 7) is 2.90. The van der Waals surface area contributed by atoms with Gasteiger partial charge < -0.3 is 65.1 Å². The molecule has 2 aliphatic heterocycles. The van der Waals surface area contributed by atoms with Crippen molar-refractivity contribution in [1.29, 1.82) is 0 Å². The number of nitrogens with one attached hydrogen (secondary N) is 1. The number of unbranched alkanes of at least 4 members (excludes halogenated alkanes) is 38. The fraction of sp³-hybridized carbons (Fsp3) is 0.952. The zero-order chi connectivity index (χ0) is 56.0. The van der Waals surface area contributed by atoms with Gasteiger partial charge in [0, 0.05) is 6.42 Å². The molecule has 2 fully saturated rings. The van der Waals surface area contributed by atoms with Gasteiger partial charge in [-0.2, -0.15) is 0 Å². The van der Waals surface area contributed by atoms with Crippen LogP contribution in [0.3, 0.4) is 0 Å². The highest BCUT2D eigenvalue weighted by Gasteiger charge is 2.51. The lowest BCUT2D eigenvalue weighted by Crippen LogP contribution is -2.65. The summed E-state index contributed by atoms with van der Waals surface area (Å²) in [5, 5.41) is 87.4. The van der Waals surface area contributed by atoms with Crippen LogP contribution >= 0.6 is 0 Å². The minimum absolute atomic E-state index is 0.201. The molecule has 2 aliphatic rings. The fourth-order valence-corrected chi connectivity index (χ4v) is 11.0. The van der Waals surface area contributed by atoms with Crippen molar-refractivity contribution in [3.05, 3.63) is 12.2 Å². The van der Waals surface area contributed by atoms with Crippen molar-refractivity contribution in [3.63, 3.8) is 0 Å². The predicted molar refractivity (Wildman–Crippen MR) is 309 cm³/mol. The molecule has 0 aromatic heterocycles. The van der Waals surface area contributed by atoms with E-state index in [-0.39, 0.29) is 12.5 Å². The minimum Gasteiger partial charge on any atom is -0.394 e. The lowest BCUT2D eigenvalue weighted by atomic mass is 9.97. The van der Waals surface area contributed by atoms with Gasteiger partial charge in [-0.05, 0) is 38.5 Å². The predicted octanol–water partition coefficient (Wildman–Crippen LogP) is 11.8. The summed E-state index contributed by atoms with van der Waals surface area (Å²) >= 11 is 0. The summed E-state index contributed by atoms with van der Waals surface area (Å²) < 4.78 is 22.9. The van der Waals surface area contributed by atoms with E-state index in [1.165, 1.54) is 212 Å². The van der Waals surface area contributed by atoms with Crippen LogP contribution in [0, 0.1) is 0 Å². The Hall–Kier alpha value is -1.27. The van der Waals surface area contributed by atoms with Gasteiger partial charge in [0.1, 0.15) is 48.8 Å². The van der Waals surface area contributed by atoms with Crippen LogP contribution in [0.1, 0.15) is 290 Å². The van der Waals surface area contributed by atoms with Crippen LogP contribution in [0.15, 0.2) is 12.2 Å². The maximum absolute atomic E-state index is 13.3. The fourth-order valence-electron chi connectivity index (χ4n) is 11.0. The second-order valence-electron chi connectivity index (χ2n) is 23.2. The van der Waals surface area contributed by atoms with E-state index in [0.29, 0.717) is 12.8 Å². The minimum atomic E-state index is -1.78. The Labute approximate surface area is 469 Å². The number of hydrogen-bond acceptors (Lipinski definition) is 13. The smallest absolute Gasteiger partial charge is 0.220 e. The van der Waals surface area contributed by atoms with Gasteiger partial charge in [-0.3, -0.25) is 4.79 Å². The first-order valence-corrected chi connectivity index (χ1v) is 32.4. The highest BCUT2D eigenvalue weighted by atomic mass is 16.7. The molecule has 456 valence electrons. The normalized spacial score (nSPS) is 24.7. The number of aliphatic hydroxyl groups excluding tert-OH is 8. The molecule has 0 radical (unpaired) electrons. The lowest BCUT2D eigenvalue weighted by Gasteiger charge is -2.46. The second-order valence-corrected chi connectivity index (χ2v) is 23.2. The van der Waals surface area contributed by atoms with Crippen molar-refractivity contribution in [2.24, 2.45) is 0 Å². The van der Waals surface area contributed by atoms with E-state index in [1.807, 2.05) is 0 Å². The number of allylic oxidation sites excluding steroid dienone is 2. The van der Waals surface area contributed by atoms with Crippen molar-refractivity contribution in [3.8, 4) is 0 Å². The summed E-state index contributed by atoms with van der Waals surface area (Å²) in [7, 11) is 0. The van der Waals surface area contributed by atoms with E-state index in [2.05, 4.69) is 31.3 Å². The monoisotopic (exact) mass is 1100 g/mol. The first-order valence-electron chi connectivity index (χ1n) is 32.4. The van der Waals surface area contributed by atoms with Crippen molar-refractivity contribution >= 4 is 5.91 Å². The number of ether oxygens (including phenoxy) is 4. The Kier molecular flexibility index (Phi) is 46.0. The molecule has 14 heteroatoms. The van der Waals surface area contributed by atoms with Crippen LogP contribution < -0.4 is 5.32 Å².